The minimum atomic E-state index is -1.97. The number of hydrogen-bond acceptors (Lipinski definition) is 5. The molecule has 0 heterocycles. The van der Waals surface area contributed by atoms with Crippen molar-refractivity contribution in [3.63, 3.8) is 0 Å². The summed E-state index contributed by atoms with van der Waals surface area (Å²) in [7, 11) is 0. The summed E-state index contributed by atoms with van der Waals surface area (Å²) in [4.78, 5) is 22.1. The van der Waals surface area contributed by atoms with Gasteiger partial charge in [0.2, 0.25) is 0 Å². The predicted octanol–water partition coefficient (Wildman–Crippen LogP) is 1.10. The Balaban J connectivity index is 4.84. The predicted molar refractivity (Wildman–Crippen MR) is 61.8 cm³/mol. The Kier molecular flexibility index (Phi) is 5.91. The molecule has 0 aromatic rings. The standard InChI is InChI=1S/C12H16O5/c1-5-8-12(15,17-11(14)7-3)9(4)16-10(13)6-2/h5-7,9,15H,1-3,8H2,4H3. The fourth-order valence-corrected chi connectivity index (χ4v) is 1.03. The summed E-state index contributed by atoms with van der Waals surface area (Å²) in [6.45, 7) is 11.2. The largest absolute Gasteiger partial charge is 0.452 e. The topological polar surface area (TPSA) is 72.8 Å². The highest BCUT2D eigenvalue weighted by molar-refractivity contribution is 5.82. The van der Waals surface area contributed by atoms with Crippen molar-refractivity contribution >= 4 is 11.9 Å². The molecule has 0 saturated heterocycles. The Bertz CT molecular complexity index is 334. The minimum Gasteiger partial charge on any atom is -0.452 e. The summed E-state index contributed by atoms with van der Waals surface area (Å²) in [6.07, 6.45) is 2.04. The van der Waals surface area contributed by atoms with Crippen LogP contribution in [-0.2, 0) is 19.1 Å². The van der Waals surface area contributed by atoms with Crippen LogP contribution >= 0.6 is 0 Å². The van der Waals surface area contributed by atoms with Gasteiger partial charge in [-0.1, -0.05) is 19.2 Å². The first-order chi connectivity index (χ1) is 7.89. The van der Waals surface area contributed by atoms with Gasteiger partial charge in [-0.25, -0.2) is 9.59 Å². The van der Waals surface area contributed by atoms with Gasteiger partial charge >= 0.3 is 11.9 Å². The van der Waals surface area contributed by atoms with Crippen LogP contribution in [0.5, 0.6) is 0 Å². The zero-order valence-electron chi connectivity index (χ0n) is 9.72. The van der Waals surface area contributed by atoms with Crippen LogP contribution in [0.3, 0.4) is 0 Å². The van der Waals surface area contributed by atoms with Gasteiger partial charge in [0, 0.05) is 18.6 Å². The van der Waals surface area contributed by atoms with Crippen LogP contribution in [0.25, 0.3) is 0 Å². The molecule has 1 N–H and O–H groups in total. The molecule has 0 saturated carbocycles. The molecule has 17 heavy (non-hydrogen) atoms. The van der Waals surface area contributed by atoms with Crippen molar-refractivity contribution < 1.29 is 24.2 Å². The zero-order chi connectivity index (χ0) is 13.5. The first kappa shape index (κ1) is 15.1. The normalized spacial score (nSPS) is 14.9. The van der Waals surface area contributed by atoms with Gasteiger partial charge in [-0.2, -0.15) is 0 Å². The van der Waals surface area contributed by atoms with Crippen LogP contribution in [-0.4, -0.2) is 28.9 Å². The molecular formula is C12H16O5. The third-order valence-electron chi connectivity index (χ3n) is 1.98. The summed E-state index contributed by atoms with van der Waals surface area (Å²) in [6, 6.07) is 0. The first-order valence-corrected chi connectivity index (χ1v) is 4.91. The maximum absolute atomic E-state index is 11.1. The second kappa shape index (κ2) is 6.65. The van der Waals surface area contributed by atoms with Crippen LogP contribution in [0.2, 0.25) is 0 Å². The molecule has 2 atom stereocenters. The molecule has 0 radical (unpaired) electrons. The average molecular weight is 240 g/mol. The summed E-state index contributed by atoms with van der Waals surface area (Å²) in [5.41, 5.74) is 0. The fourth-order valence-electron chi connectivity index (χ4n) is 1.03. The van der Waals surface area contributed by atoms with E-state index >= 15 is 0 Å². The molecule has 0 bridgehead atoms. The van der Waals surface area contributed by atoms with Gasteiger partial charge in [0.25, 0.3) is 5.79 Å². The van der Waals surface area contributed by atoms with E-state index in [1.54, 1.807) is 0 Å². The Morgan fingerprint density at radius 1 is 1.29 bits per heavy atom. The number of hydrogen-bond donors (Lipinski definition) is 1. The summed E-state index contributed by atoms with van der Waals surface area (Å²) < 4.78 is 9.55. The Hall–Kier alpha value is -1.88. The van der Waals surface area contributed by atoms with Crippen molar-refractivity contribution in [1.29, 1.82) is 0 Å². The van der Waals surface area contributed by atoms with E-state index in [1.807, 2.05) is 0 Å². The molecule has 0 fully saturated rings. The van der Waals surface area contributed by atoms with Gasteiger partial charge in [-0.3, -0.25) is 0 Å². The van der Waals surface area contributed by atoms with Crippen LogP contribution in [0, 0.1) is 0 Å². The molecule has 5 heteroatoms. The third kappa shape index (κ3) is 4.65. The quantitative estimate of drug-likeness (QED) is 0.312. The highest BCUT2D eigenvalue weighted by atomic mass is 16.7. The molecule has 0 aliphatic carbocycles. The lowest BCUT2D eigenvalue weighted by Crippen LogP contribution is -2.46. The number of esters is 2. The molecular weight excluding hydrogens is 224 g/mol. The molecule has 0 rings (SSSR count). The number of ether oxygens (including phenoxy) is 2. The van der Waals surface area contributed by atoms with E-state index in [4.69, 9.17) is 9.47 Å². The second-order valence-corrected chi connectivity index (χ2v) is 3.25. The lowest BCUT2D eigenvalue weighted by molar-refractivity contribution is -0.244. The molecule has 5 nitrogen and oxygen atoms in total. The van der Waals surface area contributed by atoms with E-state index in [0.717, 1.165) is 12.2 Å². The van der Waals surface area contributed by atoms with Gasteiger partial charge in [0.1, 0.15) is 0 Å². The SMILES string of the molecule is C=CCC(O)(OC(=O)C=C)C(C)OC(=O)C=C. The number of rotatable bonds is 7. The summed E-state index contributed by atoms with van der Waals surface area (Å²) in [5.74, 6) is -3.52. The van der Waals surface area contributed by atoms with E-state index < -0.39 is 23.8 Å². The molecule has 0 aromatic carbocycles. The van der Waals surface area contributed by atoms with Crippen molar-refractivity contribution in [3.8, 4) is 0 Å². The Morgan fingerprint density at radius 3 is 2.24 bits per heavy atom. The van der Waals surface area contributed by atoms with Crippen LogP contribution in [0.1, 0.15) is 13.3 Å². The number of aliphatic hydroxyl groups is 1. The van der Waals surface area contributed by atoms with Gasteiger partial charge in [-0.15, -0.1) is 6.58 Å². The van der Waals surface area contributed by atoms with Crippen LogP contribution in [0.15, 0.2) is 38.0 Å². The summed E-state index contributed by atoms with van der Waals surface area (Å²) in [5, 5.41) is 10.1. The van der Waals surface area contributed by atoms with Crippen molar-refractivity contribution in [3.05, 3.63) is 38.0 Å². The lowest BCUT2D eigenvalue weighted by atomic mass is 10.1. The molecule has 2 unspecified atom stereocenters. The highest BCUT2D eigenvalue weighted by Crippen LogP contribution is 2.21. The molecule has 0 aromatic heterocycles. The monoisotopic (exact) mass is 240 g/mol. The van der Waals surface area contributed by atoms with E-state index in [1.165, 1.54) is 13.0 Å². The summed E-state index contributed by atoms with van der Waals surface area (Å²) >= 11 is 0. The van der Waals surface area contributed by atoms with E-state index in [-0.39, 0.29) is 6.42 Å². The zero-order valence-corrected chi connectivity index (χ0v) is 9.72. The Morgan fingerprint density at radius 2 is 1.82 bits per heavy atom. The Labute approximate surface area is 100 Å². The minimum absolute atomic E-state index is 0.0851. The third-order valence-corrected chi connectivity index (χ3v) is 1.98. The van der Waals surface area contributed by atoms with Gasteiger partial charge in [0.15, 0.2) is 6.10 Å². The van der Waals surface area contributed by atoms with Crippen molar-refractivity contribution in [2.24, 2.45) is 0 Å². The second-order valence-electron chi connectivity index (χ2n) is 3.25. The maximum atomic E-state index is 11.1. The lowest BCUT2D eigenvalue weighted by Gasteiger charge is -2.31. The number of carbonyl (C=O) groups excluding carboxylic acids is 2. The molecule has 0 aliphatic heterocycles. The van der Waals surface area contributed by atoms with E-state index in [9.17, 15) is 14.7 Å². The van der Waals surface area contributed by atoms with Gasteiger partial charge < -0.3 is 14.6 Å². The number of carbonyl (C=O) groups is 2. The van der Waals surface area contributed by atoms with Gasteiger partial charge in [-0.05, 0) is 6.92 Å². The van der Waals surface area contributed by atoms with Crippen molar-refractivity contribution in [2.75, 3.05) is 0 Å². The fraction of sp³-hybridized carbons (Fsp3) is 0.333. The highest BCUT2D eigenvalue weighted by Gasteiger charge is 2.39. The molecule has 0 amide bonds. The van der Waals surface area contributed by atoms with Crippen LogP contribution in [0.4, 0.5) is 0 Å². The average Bonchev–Trinajstić information content (AvgIpc) is 2.28. The molecule has 94 valence electrons. The van der Waals surface area contributed by atoms with E-state index in [0.29, 0.717) is 0 Å². The van der Waals surface area contributed by atoms with Crippen molar-refractivity contribution in [1.82, 2.24) is 0 Å². The first-order valence-electron chi connectivity index (χ1n) is 4.91. The smallest absolute Gasteiger partial charge is 0.332 e. The maximum Gasteiger partial charge on any atom is 0.332 e. The van der Waals surface area contributed by atoms with E-state index in [2.05, 4.69) is 19.7 Å². The van der Waals surface area contributed by atoms with Crippen molar-refractivity contribution in [2.45, 2.75) is 25.2 Å². The molecule has 0 aliphatic rings. The van der Waals surface area contributed by atoms with Crippen LogP contribution < -0.4 is 0 Å². The van der Waals surface area contributed by atoms with Gasteiger partial charge in [0.05, 0.1) is 0 Å². The molecule has 0 spiro atoms.